The van der Waals surface area contributed by atoms with Crippen LogP contribution in [-0.2, 0) is 60.8 Å². The van der Waals surface area contributed by atoms with Crippen LogP contribution >= 0.6 is 0 Å². The van der Waals surface area contributed by atoms with E-state index in [1.165, 1.54) is 65.7 Å². The Hall–Kier alpha value is -13.4. The average molecular weight is 1560 g/mol. The van der Waals surface area contributed by atoms with E-state index in [1.54, 1.807) is 98.1 Å². The van der Waals surface area contributed by atoms with E-state index in [-0.39, 0.29) is 53.3 Å². The topological polar surface area (TPSA) is 205 Å². The summed E-state index contributed by atoms with van der Waals surface area (Å²) in [4.78, 5) is 108. The van der Waals surface area contributed by atoms with Crippen LogP contribution in [0.15, 0.2) is 273 Å². The molecule has 0 N–H and O–H groups in total. The molecule has 596 valence electrons. The molecule has 0 bridgehead atoms. The lowest BCUT2D eigenvalue weighted by Gasteiger charge is -2.07. The van der Waals surface area contributed by atoms with Crippen molar-refractivity contribution in [2.75, 3.05) is 21.3 Å². The zero-order chi connectivity index (χ0) is 85.1. The zero-order valence-corrected chi connectivity index (χ0v) is 69.5. The van der Waals surface area contributed by atoms with Crippen molar-refractivity contribution in [1.29, 1.82) is 5.26 Å². The number of nitriles is 1. The molecule has 12 aromatic rings. The van der Waals surface area contributed by atoms with Crippen LogP contribution in [0.1, 0.15) is 209 Å². The van der Waals surface area contributed by atoms with Crippen molar-refractivity contribution in [2.24, 2.45) is 0 Å². The number of hydrogen-bond acceptors (Lipinski definition) is 13. The van der Waals surface area contributed by atoms with E-state index >= 15 is 0 Å². The molecule has 13 heteroatoms. The van der Waals surface area contributed by atoms with Gasteiger partial charge in [0.25, 0.3) is 0 Å². The van der Waals surface area contributed by atoms with E-state index in [2.05, 4.69) is 70.2 Å². The quantitative estimate of drug-likeness (QED) is 0.0408. The van der Waals surface area contributed by atoms with Crippen molar-refractivity contribution in [1.82, 2.24) is 0 Å². The van der Waals surface area contributed by atoms with Gasteiger partial charge in [-0.3, -0.25) is 33.6 Å². The average Bonchev–Trinajstić information content (AvgIpc) is 0.907. The van der Waals surface area contributed by atoms with Crippen LogP contribution in [0, 0.1) is 66.7 Å². The molecular weight excluding hydrogens is 1460 g/mol. The number of nitrogens with zero attached hydrogens (tertiary/aromatic N) is 1. The second-order valence-corrected chi connectivity index (χ2v) is 28.9. The van der Waals surface area contributed by atoms with Crippen LogP contribution in [0.5, 0.6) is 5.75 Å². The number of Topliss-reactive ketones (excluding diaryl/α,β-unsaturated/α-hetero) is 7. The van der Waals surface area contributed by atoms with Gasteiger partial charge in [-0.1, -0.05) is 295 Å². The molecule has 0 radical (unpaired) electrons. The molecule has 0 amide bonds. The molecule has 0 saturated heterocycles. The number of carbonyl (C=O) groups excluding carboxylic acids is 9. The third kappa shape index (κ3) is 29.8. The van der Waals surface area contributed by atoms with Gasteiger partial charge in [0.2, 0.25) is 0 Å². The van der Waals surface area contributed by atoms with Crippen LogP contribution in [0.2, 0.25) is 0 Å². The van der Waals surface area contributed by atoms with Crippen LogP contribution in [-0.4, -0.2) is 73.8 Å². The predicted octanol–water partition coefficient (Wildman–Crippen LogP) is 21.9. The number of esters is 2. The summed E-state index contributed by atoms with van der Waals surface area (Å²) in [6.45, 7) is 22.0. The Morgan fingerprint density at radius 1 is 0.282 bits per heavy atom. The molecule has 0 aliphatic rings. The van der Waals surface area contributed by atoms with Gasteiger partial charge in [-0.25, -0.2) is 9.59 Å². The number of ketones is 7. The fraction of sp³-hybridized carbons (Fsp3) is 0.212. The Kier molecular flexibility index (Phi) is 35.7. The molecule has 12 rings (SSSR count). The van der Waals surface area contributed by atoms with Crippen molar-refractivity contribution in [3.8, 4) is 11.8 Å². The van der Waals surface area contributed by atoms with E-state index in [4.69, 9.17) is 19.5 Å². The standard InChI is InChI=1S/C18H18O3.C18H20O.C17H15NO.C17H16O3.C17H16O2.C17H18O2/c1-3-13-8-10-14(11-9-13)17(19)12-15-6-4-5-7-16(15)18(20)21-2;1-4-15-5-7-17(8-6-15)18(19)12-16-10-13(2)9-14(3)11-16;1-12-7-13(2)9-15(8-12)10-17(19)16-5-3-14(11-18)4-6-16;1-12-7-9-13(10-8-12)16(18)11-14-5-3-4-6-15(14)17(19)20-2;1-12-3-7-16(8-4-12)17(19)11-14-5-9-15(10-6-14)13(2)18;1-12-7-13(2)9-14(8-12)10-17(18)15-5-4-6-16(11-15)19-3/h4-11H,3,12H2,1-2H3;5-11H,4,12H2,1-3H3;3-9H,10H2,1-2H3;3-10H,11H2,1-2H3;3-10H,11H2,1-2H3;4-9,11H,10H2,1-3H3. The maximum absolute atomic E-state index is 12.3. The maximum Gasteiger partial charge on any atom is 0.338 e. The highest BCUT2D eigenvalue weighted by molar-refractivity contribution is 6.03. The fourth-order valence-electron chi connectivity index (χ4n) is 12.9. The van der Waals surface area contributed by atoms with E-state index in [0.717, 1.165) is 57.3 Å². The zero-order valence-electron chi connectivity index (χ0n) is 69.5. The molecule has 0 saturated carbocycles. The van der Waals surface area contributed by atoms with Gasteiger partial charge in [-0.2, -0.15) is 5.26 Å². The van der Waals surface area contributed by atoms with E-state index in [9.17, 15) is 43.2 Å². The SMILES string of the molecule is CC(=O)c1ccc(CC(=O)c2ccc(C)cc2)cc1.CCc1ccc(C(=O)Cc2cc(C)cc(C)c2)cc1.CCc1ccc(C(=O)Cc2ccccc2C(=O)OC)cc1.COC(=O)c1ccccc1CC(=O)c1ccc(C)cc1.COc1cccc(C(=O)Cc2cc(C)cc(C)c2)c1.Cc1cc(C)cc(CC(=O)c2ccc(C#N)cc2)c1. The van der Waals surface area contributed by atoms with Gasteiger partial charge in [-0.15, -0.1) is 0 Å². The first kappa shape index (κ1) is 90.7. The molecule has 0 aliphatic carbocycles. The first-order valence-electron chi connectivity index (χ1n) is 38.9. The molecule has 0 unspecified atom stereocenters. The van der Waals surface area contributed by atoms with Gasteiger partial charge in [-0.05, 0) is 156 Å². The Bertz CT molecular complexity index is 5390. The molecule has 0 fully saturated rings. The van der Waals surface area contributed by atoms with Crippen LogP contribution in [0.3, 0.4) is 0 Å². The monoisotopic (exact) mass is 1560 g/mol. The summed E-state index contributed by atoms with van der Waals surface area (Å²) in [7, 11) is 4.28. The smallest absolute Gasteiger partial charge is 0.338 e. The Morgan fingerprint density at radius 3 is 0.889 bits per heavy atom. The molecule has 13 nitrogen and oxygen atoms in total. The van der Waals surface area contributed by atoms with Gasteiger partial charge >= 0.3 is 11.9 Å². The molecule has 0 atom stereocenters. The van der Waals surface area contributed by atoms with Gasteiger partial charge in [0, 0.05) is 77.5 Å². The summed E-state index contributed by atoms with van der Waals surface area (Å²) in [5.41, 5.74) is 23.7. The molecule has 0 spiro atoms. The number of carbonyl (C=O) groups is 9. The minimum atomic E-state index is -0.419. The summed E-state index contributed by atoms with van der Waals surface area (Å²) < 4.78 is 14.6. The van der Waals surface area contributed by atoms with Crippen molar-refractivity contribution >= 4 is 52.4 Å². The highest BCUT2D eigenvalue weighted by Gasteiger charge is 2.19. The largest absolute Gasteiger partial charge is 0.497 e. The van der Waals surface area contributed by atoms with Crippen molar-refractivity contribution in [2.45, 2.75) is 128 Å². The summed E-state index contributed by atoms with van der Waals surface area (Å²) >= 11 is 0. The van der Waals surface area contributed by atoms with Gasteiger partial charge in [0.15, 0.2) is 40.5 Å². The van der Waals surface area contributed by atoms with Gasteiger partial charge < -0.3 is 14.2 Å². The molecule has 0 heterocycles. The highest BCUT2D eigenvalue weighted by atomic mass is 16.5. The lowest BCUT2D eigenvalue weighted by Crippen LogP contribution is -2.10. The first-order valence-corrected chi connectivity index (χ1v) is 38.9. The molecule has 0 aliphatic heterocycles. The van der Waals surface area contributed by atoms with E-state index in [0.29, 0.717) is 87.1 Å². The van der Waals surface area contributed by atoms with Gasteiger partial charge in [0.1, 0.15) is 5.75 Å². The van der Waals surface area contributed by atoms with Crippen LogP contribution in [0.25, 0.3) is 0 Å². The highest BCUT2D eigenvalue weighted by Crippen LogP contribution is 2.22. The van der Waals surface area contributed by atoms with Crippen molar-refractivity contribution in [3.05, 3.63) is 418 Å². The normalized spacial score (nSPS) is 10.2. The lowest BCUT2D eigenvalue weighted by molar-refractivity contribution is 0.0590. The minimum Gasteiger partial charge on any atom is -0.497 e. The Labute approximate surface area is 689 Å². The third-order valence-corrected chi connectivity index (χ3v) is 19.1. The molecule has 12 aromatic carbocycles. The Balaban J connectivity index is 0.000000194. The first-order chi connectivity index (χ1) is 56.1. The molecule has 117 heavy (non-hydrogen) atoms. The number of rotatable bonds is 24. The Morgan fingerprint density at radius 2 is 0.573 bits per heavy atom. The van der Waals surface area contributed by atoms with Crippen molar-refractivity contribution in [3.63, 3.8) is 0 Å². The fourth-order valence-corrected chi connectivity index (χ4v) is 12.9. The summed E-state index contributed by atoms with van der Waals surface area (Å²) in [5, 5.41) is 8.73. The maximum atomic E-state index is 12.3. The van der Waals surface area contributed by atoms with Crippen LogP contribution < -0.4 is 4.74 Å². The number of aryl methyl sites for hydroxylation is 10. The predicted molar refractivity (Wildman–Crippen MR) is 466 cm³/mol. The number of hydrogen-bond donors (Lipinski definition) is 0. The summed E-state index contributed by atoms with van der Waals surface area (Å²) in [6.07, 6.45) is 4.00. The van der Waals surface area contributed by atoms with Crippen molar-refractivity contribution < 1.29 is 57.4 Å². The number of benzene rings is 12. The summed E-state index contributed by atoms with van der Waals surface area (Å²) in [5.74, 6) is 0.372. The second kappa shape index (κ2) is 46.1. The van der Waals surface area contributed by atoms with E-state index in [1.807, 2.05) is 187 Å². The number of ether oxygens (including phenoxy) is 3. The number of methoxy groups -OCH3 is 3. The molecule has 0 aromatic heterocycles. The van der Waals surface area contributed by atoms with E-state index < -0.39 is 11.9 Å². The van der Waals surface area contributed by atoms with Crippen LogP contribution in [0.4, 0.5) is 0 Å². The minimum absolute atomic E-state index is 0.00555. The summed E-state index contributed by atoms with van der Waals surface area (Å²) in [6, 6.07) is 86.6. The third-order valence-electron chi connectivity index (χ3n) is 19.1. The molecular formula is C104H103NO12. The lowest BCUT2D eigenvalue weighted by atomic mass is 9.98. The van der Waals surface area contributed by atoms with Gasteiger partial charge in [0.05, 0.1) is 44.1 Å². The second-order valence-electron chi connectivity index (χ2n) is 28.9.